The van der Waals surface area contributed by atoms with Gasteiger partial charge in [0.05, 0.1) is 27.7 Å². The summed E-state index contributed by atoms with van der Waals surface area (Å²) < 4.78 is 34.4. The van der Waals surface area contributed by atoms with Crippen LogP contribution in [0.25, 0.3) is 0 Å². The fourth-order valence-corrected chi connectivity index (χ4v) is 12.3. The number of phosphoric ester groups is 1. The van der Waals surface area contributed by atoms with E-state index in [1.165, 1.54) is 295 Å². The zero-order chi connectivity index (χ0) is 64.1. The molecule has 0 aromatic carbocycles. The van der Waals surface area contributed by atoms with E-state index in [4.69, 9.17) is 18.5 Å². The van der Waals surface area contributed by atoms with E-state index in [9.17, 15) is 19.0 Å². The minimum absolute atomic E-state index is 0.0278. The number of allylic oxidation sites excluding steroid dienone is 8. The fourth-order valence-electron chi connectivity index (χ4n) is 11.5. The molecule has 0 saturated heterocycles. The van der Waals surface area contributed by atoms with Crippen LogP contribution >= 0.6 is 7.82 Å². The summed E-state index contributed by atoms with van der Waals surface area (Å²) in [5.41, 5.74) is 0. The molecule has 10 heteroatoms. The third-order valence-corrected chi connectivity index (χ3v) is 18.3. The Labute approximate surface area is 547 Å². The van der Waals surface area contributed by atoms with Crippen molar-refractivity contribution in [2.75, 3.05) is 47.5 Å². The molecule has 0 N–H and O–H groups in total. The van der Waals surface area contributed by atoms with Crippen LogP contribution in [0.15, 0.2) is 48.6 Å². The van der Waals surface area contributed by atoms with Crippen LogP contribution in [0.5, 0.6) is 0 Å². The van der Waals surface area contributed by atoms with Gasteiger partial charge in [0.15, 0.2) is 6.10 Å². The molecule has 2 atom stereocenters. The molecular weight excluding hydrogens is 1110 g/mol. The highest BCUT2D eigenvalue weighted by Crippen LogP contribution is 2.38. The molecular formula is C78H148NO8P. The van der Waals surface area contributed by atoms with E-state index < -0.39 is 26.5 Å². The lowest BCUT2D eigenvalue weighted by molar-refractivity contribution is -0.870. The minimum Gasteiger partial charge on any atom is -0.756 e. The third-order valence-electron chi connectivity index (χ3n) is 17.4. The molecule has 0 fully saturated rings. The van der Waals surface area contributed by atoms with Crippen molar-refractivity contribution in [3.05, 3.63) is 48.6 Å². The fraction of sp³-hybridized carbons (Fsp3) is 0.872. The van der Waals surface area contributed by atoms with E-state index in [-0.39, 0.29) is 32.0 Å². The van der Waals surface area contributed by atoms with Crippen molar-refractivity contribution in [3.8, 4) is 0 Å². The maximum absolute atomic E-state index is 12.9. The predicted octanol–water partition coefficient (Wildman–Crippen LogP) is 24.5. The van der Waals surface area contributed by atoms with E-state index >= 15 is 0 Å². The van der Waals surface area contributed by atoms with E-state index in [0.29, 0.717) is 17.4 Å². The first kappa shape index (κ1) is 86.0. The van der Waals surface area contributed by atoms with Crippen LogP contribution in [0.2, 0.25) is 0 Å². The molecule has 0 rings (SSSR count). The van der Waals surface area contributed by atoms with Gasteiger partial charge >= 0.3 is 11.9 Å². The van der Waals surface area contributed by atoms with E-state index in [1.807, 2.05) is 21.1 Å². The SMILES string of the molecule is CC/C=C\C/C=C\C/C=C\C/C=C\CCCCCCCCCCCCCCCCCCCCCCC(=O)OC(COC(=O)CCCCCCCCCCCCCCCCCCCCCCCCCCCCCCCCC)COP(=O)([O-])OCC[N+](C)(C)C. The lowest BCUT2D eigenvalue weighted by Crippen LogP contribution is -2.37. The average molecular weight is 1260 g/mol. The second kappa shape index (κ2) is 69.3. The molecule has 88 heavy (non-hydrogen) atoms. The van der Waals surface area contributed by atoms with Crippen molar-refractivity contribution >= 4 is 19.8 Å². The number of unbranched alkanes of at least 4 members (excludes halogenated alkanes) is 50. The van der Waals surface area contributed by atoms with Gasteiger partial charge in [-0.05, 0) is 51.4 Å². The van der Waals surface area contributed by atoms with Gasteiger partial charge in [-0.25, -0.2) is 0 Å². The smallest absolute Gasteiger partial charge is 0.306 e. The first-order valence-corrected chi connectivity index (χ1v) is 39.8. The van der Waals surface area contributed by atoms with Crippen molar-refractivity contribution in [3.63, 3.8) is 0 Å². The number of hydrogen-bond donors (Lipinski definition) is 0. The predicted molar refractivity (Wildman–Crippen MR) is 379 cm³/mol. The Kier molecular flexibility index (Phi) is 67.7. The molecule has 0 aromatic rings. The van der Waals surface area contributed by atoms with Crippen molar-refractivity contribution in [1.29, 1.82) is 0 Å². The molecule has 0 amide bonds. The summed E-state index contributed by atoms with van der Waals surface area (Å²) >= 11 is 0. The van der Waals surface area contributed by atoms with Crippen molar-refractivity contribution in [2.45, 2.75) is 392 Å². The third kappa shape index (κ3) is 73.0. The summed E-state index contributed by atoms with van der Waals surface area (Å²) in [6.07, 6.45) is 90.8. The molecule has 0 bridgehead atoms. The van der Waals surface area contributed by atoms with E-state index in [1.54, 1.807) is 0 Å². The van der Waals surface area contributed by atoms with Crippen LogP contribution in [0, 0.1) is 0 Å². The van der Waals surface area contributed by atoms with E-state index in [2.05, 4.69) is 62.5 Å². The number of hydrogen-bond acceptors (Lipinski definition) is 8. The van der Waals surface area contributed by atoms with Gasteiger partial charge in [-0.3, -0.25) is 14.2 Å². The van der Waals surface area contributed by atoms with Crippen LogP contribution in [-0.2, 0) is 32.7 Å². The summed E-state index contributed by atoms with van der Waals surface area (Å²) in [5.74, 6) is -0.809. The molecule has 0 aromatic heterocycles. The monoisotopic (exact) mass is 1260 g/mol. The number of rotatable bonds is 72. The molecule has 0 radical (unpaired) electrons. The Balaban J connectivity index is 3.93. The van der Waals surface area contributed by atoms with Crippen LogP contribution in [0.4, 0.5) is 0 Å². The van der Waals surface area contributed by atoms with Gasteiger partial charge in [0.25, 0.3) is 7.82 Å². The number of phosphoric acid groups is 1. The molecule has 0 aliphatic rings. The second-order valence-corrected chi connectivity index (χ2v) is 28.8. The zero-order valence-corrected chi connectivity index (χ0v) is 60.1. The second-order valence-electron chi connectivity index (χ2n) is 27.4. The highest BCUT2D eigenvalue weighted by Gasteiger charge is 2.22. The molecule has 0 aliphatic heterocycles. The van der Waals surface area contributed by atoms with Gasteiger partial charge in [0.2, 0.25) is 0 Å². The number of ether oxygens (including phenoxy) is 2. The summed E-state index contributed by atoms with van der Waals surface area (Å²) in [4.78, 5) is 38.1. The van der Waals surface area contributed by atoms with E-state index in [0.717, 1.165) is 57.8 Å². The minimum atomic E-state index is -4.64. The molecule has 518 valence electrons. The molecule has 2 unspecified atom stereocenters. The van der Waals surface area contributed by atoms with Gasteiger partial charge in [0.1, 0.15) is 19.8 Å². The van der Waals surface area contributed by atoms with Crippen LogP contribution < -0.4 is 4.89 Å². The largest absolute Gasteiger partial charge is 0.756 e. The highest BCUT2D eigenvalue weighted by atomic mass is 31.2. The topological polar surface area (TPSA) is 111 Å². The summed E-state index contributed by atoms with van der Waals surface area (Å²) in [5, 5.41) is 0. The maximum atomic E-state index is 12.9. The van der Waals surface area contributed by atoms with Crippen molar-refractivity contribution in [2.24, 2.45) is 0 Å². The van der Waals surface area contributed by atoms with Crippen molar-refractivity contribution in [1.82, 2.24) is 0 Å². The number of quaternary nitrogens is 1. The van der Waals surface area contributed by atoms with Gasteiger partial charge in [-0.1, -0.05) is 371 Å². The molecule has 0 heterocycles. The Morgan fingerprint density at radius 2 is 0.648 bits per heavy atom. The highest BCUT2D eigenvalue weighted by molar-refractivity contribution is 7.45. The lowest BCUT2D eigenvalue weighted by atomic mass is 10.0. The zero-order valence-electron chi connectivity index (χ0n) is 59.2. The standard InChI is InChI=1S/C78H148NO8P/c1-6-8-10-12-14-16-18-20-22-24-26-28-30-32-34-36-38-39-41-43-45-47-49-51-53-55-57-59-61-63-65-67-69-71-78(81)87-76(75-86-88(82,83)85-73-72-79(3,4)5)74-84-77(80)70-68-66-64-62-60-58-56-54-52-50-48-46-44-42-40-37-35-33-31-29-27-25-23-21-19-17-15-13-11-9-7-2/h8,10,14,16,20,22,26,28,76H,6-7,9,11-13,15,17-19,21,23-25,27,29-75H2,1-5H3/b10-8-,16-14-,22-20-,28-26-. The maximum Gasteiger partial charge on any atom is 0.306 e. The van der Waals surface area contributed by atoms with Crippen LogP contribution in [0.1, 0.15) is 386 Å². The number of esters is 2. The summed E-state index contributed by atoms with van der Waals surface area (Å²) in [6.45, 7) is 4.21. The molecule has 0 saturated carbocycles. The first-order valence-electron chi connectivity index (χ1n) is 38.3. The van der Waals surface area contributed by atoms with Crippen LogP contribution in [-0.4, -0.2) is 70.0 Å². The normalized spacial score (nSPS) is 13.3. The van der Waals surface area contributed by atoms with Crippen molar-refractivity contribution < 1.29 is 42.1 Å². The Hall–Kier alpha value is -2.03. The number of likely N-dealkylation sites (N-methyl/N-ethyl adjacent to an activating group) is 1. The molecule has 0 aliphatic carbocycles. The Morgan fingerprint density at radius 3 is 0.966 bits per heavy atom. The summed E-state index contributed by atoms with van der Waals surface area (Å²) in [7, 11) is 1.19. The van der Waals surface area contributed by atoms with Gasteiger partial charge in [-0.15, -0.1) is 0 Å². The van der Waals surface area contributed by atoms with Gasteiger partial charge < -0.3 is 27.9 Å². The summed E-state index contributed by atoms with van der Waals surface area (Å²) in [6, 6.07) is 0. The van der Waals surface area contributed by atoms with Crippen LogP contribution in [0.3, 0.4) is 0 Å². The Morgan fingerprint density at radius 1 is 0.364 bits per heavy atom. The molecule has 0 spiro atoms. The number of carbonyl (C=O) groups is 2. The Bertz CT molecular complexity index is 1620. The molecule has 9 nitrogen and oxygen atoms in total. The average Bonchev–Trinajstić information content (AvgIpc) is 3.56. The quantitative estimate of drug-likeness (QED) is 0.0195. The number of nitrogens with zero attached hydrogens (tertiary/aromatic N) is 1. The van der Waals surface area contributed by atoms with Gasteiger partial charge in [-0.2, -0.15) is 0 Å². The van der Waals surface area contributed by atoms with Gasteiger partial charge in [0, 0.05) is 12.8 Å². The number of carbonyl (C=O) groups excluding carboxylic acids is 2. The first-order chi connectivity index (χ1) is 43.0. The lowest BCUT2D eigenvalue weighted by Gasteiger charge is -2.28.